The Balaban J connectivity index is 1.70. The first kappa shape index (κ1) is 20.4. The summed E-state index contributed by atoms with van der Waals surface area (Å²) in [4.78, 5) is 0. The summed E-state index contributed by atoms with van der Waals surface area (Å²) in [7, 11) is 0. The first-order valence-electron chi connectivity index (χ1n) is 9.18. The first-order valence-corrected chi connectivity index (χ1v) is 9.93. The van der Waals surface area contributed by atoms with E-state index in [2.05, 4.69) is 12.2 Å². The molecule has 0 radical (unpaired) electrons. The minimum Gasteiger partial charge on any atom is -0.490 e. The fourth-order valence-electron chi connectivity index (χ4n) is 2.82. The molecule has 0 aliphatic carbocycles. The molecule has 146 valence electrons. The Bertz CT molecular complexity index is 944. The molecule has 0 spiro atoms. The Morgan fingerprint density at radius 1 is 0.821 bits per heavy atom. The summed E-state index contributed by atoms with van der Waals surface area (Å²) in [6, 6.07) is 19.4. The van der Waals surface area contributed by atoms with E-state index in [0.29, 0.717) is 35.6 Å². The lowest BCUT2D eigenvalue weighted by molar-refractivity contribution is 0.269. The number of hydrogen-bond donors (Lipinski definition) is 1. The number of nitrogens with one attached hydrogen (secondary N) is 1. The van der Waals surface area contributed by atoms with Crippen LogP contribution in [0.1, 0.15) is 23.6 Å². The number of rotatable bonds is 8. The highest BCUT2D eigenvalue weighted by Crippen LogP contribution is 2.30. The molecule has 3 rings (SSSR count). The van der Waals surface area contributed by atoms with Gasteiger partial charge in [0.05, 0.1) is 6.61 Å². The Labute approximate surface area is 176 Å². The van der Waals surface area contributed by atoms with Crippen LogP contribution in [-0.2, 0) is 13.2 Å². The second-order valence-electron chi connectivity index (χ2n) is 6.45. The molecule has 3 aromatic rings. The van der Waals surface area contributed by atoms with Gasteiger partial charge in [0.1, 0.15) is 6.61 Å². The van der Waals surface area contributed by atoms with Crippen molar-refractivity contribution in [2.75, 3.05) is 11.9 Å². The smallest absolute Gasteiger partial charge is 0.161 e. The van der Waals surface area contributed by atoms with Crippen LogP contribution in [0.5, 0.6) is 11.5 Å². The van der Waals surface area contributed by atoms with Crippen LogP contribution in [0.2, 0.25) is 10.0 Å². The lowest BCUT2D eigenvalue weighted by Crippen LogP contribution is -2.04. The van der Waals surface area contributed by atoms with Crippen LogP contribution < -0.4 is 14.8 Å². The Hall–Kier alpha value is -2.36. The average molecular weight is 416 g/mol. The topological polar surface area (TPSA) is 30.5 Å². The number of halogens is 2. The molecule has 0 amide bonds. The monoisotopic (exact) mass is 415 g/mol. The molecule has 0 aromatic heterocycles. The lowest BCUT2D eigenvalue weighted by Gasteiger charge is -2.15. The minimum atomic E-state index is 0.430. The summed E-state index contributed by atoms with van der Waals surface area (Å²) in [6.07, 6.45) is 0. The van der Waals surface area contributed by atoms with Gasteiger partial charge >= 0.3 is 0 Å². The predicted octanol–water partition coefficient (Wildman–Crippen LogP) is 6.89. The van der Waals surface area contributed by atoms with E-state index >= 15 is 0 Å². The predicted molar refractivity (Wildman–Crippen MR) is 117 cm³/mol. The molecule has 0 saturated carbocycles. The van der Waals surface area contributed by atoms with Gasteiger partial charge in [-0.1, -0.05) is 47.5 Å². The lowest BCUT2D eigenvalue weighted by atomic mass is 10.1. The van der Waals surface area contributed by atoms with Gasteiger partial charge in [0.25, 0.3) is 0 Å². The van der Waals surface area contributed by atoms with E-state index in [1.165, 1.54) is 0 Å². The fraction of sp³-hybridized carbons (Fsp3) is 0.217. The summed E-state index contributed by atoms with van der Waals surface area (Å²) >= 11 is 12.1. The molecule has 0 unspecified atom stereocenters. The molecule has 0 atom stereocenters. The van der Waals surface area contributed by atoms with E-state index in [1.54, 1.807) is 0 Å². The maximum absolute atomic E-state index is 6.10. The molecule has 0 bridgehead atoms. The largest absolute Gasteiger partial charge is 0.490 e. The normalized spacial score (nSPS) is 10.6. The van der Waals surface area contributed by atoms with Crippen molar-refractivity contribution >= 4 is 28.9 Å². The molecular formula is C23H23Cl2NO2. The van der Waals surface area contributed by atoms with Crippen molar-refractivity contribution in [3.63, 3.8) is 0 Å². The molecule has 3 aromatic carbocycles. The van der Waals surface area contributed by atoms with E-state index in [1.807, 2.05) is 67.6 Å². The highest BCUT2D eigenvalue weighted by atomic mass is 35.5. The zero-order valence-corrected chi connectivity index (χ0v) is 17.5. The number of aryl methyl sites for hydroxylation is 1. The number of hydrogen-bond acceptors (Lipinski definition) is 3. The molecular weight excluding hydrogens is 393 g/mol. The molecule has 28 heavy (non-hydrogen) atoms. The molecule has 0 fully saturated rings. The summed E-state index contributed by atoms with van der Waals surface area (Å²) in [5, 5.41) is 4.84. The Morgan fingerprint density at radius 2 is 1.64 bits per heavy atom. The van der Waals surface area contributed by atoms with Gasteiger partial charge in [0, 0.05) is 22.3 Å². The van der Waals surface area contributed by atoms with E-state index in [4.69, 9.17) is 32.7 Å². The standard InChI is InChI=1S/C23H23Cl2NO2/c1-3-27-23-12-17(14-26-21-13-20(25)9-7-16(21)2)8-10-22(23)28-15-18-5-4-6-19(24)11-18/h4-13,26H,3,14-15H2,1-2H3. The van der Waals surface area contributed by atoms with Gasteiger partial charge in [-0.15, -0.1) is 0 Å². The van der Waals surface area contributed by atoms with E-state index in [0.717, 1.165) is 28.1 Å². The Morgan fingerprint density at radius 3 is 2.43 bits per heavy atom. The van der Waals surface area contributed by atoms with Crippen molar-refractivity contribution in [2.45, 2.75) is 27.0 Å². The van der Waals surface area contributed by atoms with Gasteiger partial charge in [0.15, 0.2) is 11.5 Å². The summed E-state index contributed by atoms with van der Waals surface area (Å²) < 4.78 is 11.7. The average Bonchev–Trinajstić information content (AvgIpc) is 2.68. The van der Waals surface area contributed by atoms with Crippen molar-refractivity contribution in [1.29, 1.82) is 0 Å². The van der Waals surface area contributed by atoms with Crippen molar-refractivity contribution < 1.29 is 9.47 Å². The van der Waals surface area contributed by atoms with Gasteiger partial charge in [-0.2, -0.15) is 0 Å². The van der Waals surface area contributed by atoms with Gasteiger partial charge < -0.3 is 14.8 Å². The van der Waals surface area contributed by atoms with Gasteiger partial charge in [-0.25, -0.2) is 0 Å². The molecule has 5 heteroatoms. The quantitative estimate of drug-likeness (QED) is 0.434. The van der Waals surface area contributed by atoms with Crippen LogP contribution >= 0.6 is 23.2 Å². The zero-order valence-electron chi connectivity index (χ0n) is 16.0. The molecule has 0 saturated heterocycles. The second-order valence-corrected chi connectivity index (χ2v) is 7.32. The molecule has 0 aliphatic rings. The van der Waals surface area contributed by atoms with Gasteiger partial charge in [0.2, 0.25) is 0 Å². The first-order chi connectivity index (χ1) is 13.5. The summed E-state index contributed by atoms with van der Waals surface area (Å²) in [5.74, 6) is 1.44. The molecule has 0 heterocycles. The van der Waals surface area contributed by atoms with E-state index in [-0.39, 0.29) is 0 Å². The molecule has 0 aliphatic heterocycles. The van der Waals surface area contributed by atoms with Crippen LogP contribution in [0.15, 0.2) is 60.7 Å². The number of benzene rings is 3. The second kappa shape index (κ2) is 9.72. The third-order valence-electron chi connectivity index (χ3n) is 4.27. The number of anilines is 1. The van der Waals surface area contributed by atoms with Crippen molar-refractivity contribution in [1.82, 2.24) is 0 Å². The van der Waals surface area contributed by atoms with Crippen molar-refractivity contribution in [3.8, 4) is 11.5 Å². The highest BCUT2D eigenvalue weighted by molar-refractivity contribution is 6.31. The van der Waals surface area contributed by atoms with E-state index in [9.17, 15) is 0 Å². The molecule has 1 N–H and O–H groups in total. The van der Waals surface area contributed by atoms with E-state index < -0.39 is 0 Å². The maximum atomic E-state index is 6.10. The Kier molecular flexibility index (Phi) is 7.07. The SMILES string of the molecule is CCOc1cc(CNc2cc(Cl)ccc2C)ccc1OCc1cccc(Cl)c1. The van der Waals surface area contributed by atoms with Gasteiger partial charge in [-0.05, 0) is 66.9 Å². The van der Waals surface area contributed by atoms with Gasteiger partial charge in [-0.3, -0.25) is 0 Å². The molecule has 3 nitrogen and oxygen atoms in total. The fourth-order valence-corrected chi connectivity index (χ4v) is 3.20. The summed E-state index contributed by atoms with van der Waals surface area (Å²) in [6.45, 7) is 5.67. The highest BCUT2D eigenvalue weighted by Gasteiger charge is 2.08. The van der Waals surface area contributed by atoms with Crippen molar-refractivity contribution in [2.24, 2.45) is 0 Å². The van der Waals surface area contributed by atoms with Crippen molar-refractivity contribution in [3.05, 3.63) is 87.4 Å². The third-order valence-corrected chi connectivity index (χ3v) is 4.74. The van der Waals surface area contributed by atoms with Crippen LogP contribution in [-0.4, -0.2) is 6.61 Å². The summed E-state index contributed by atoms with van der Waals surface area (Å²) in [5.41, 5.74) is 4.28. The van der Waals surface area contributed by atoms with Crippen LogP contribution in [0.4, 0.5) is 5.69 Å². The zero-order chi connectivity index (χ0) is 19.9. The third kappa shape index (κ3) is 5.57. The van der Waals surface area contributed by atoms with Crippen LogP contribution in [0, 0.1) is 6.92 Å². The van der Waals surface area contributed by atoms with Crippen LogP contribution in [0.25, 0.3) is 0 Å². The van der Waals surface area contributed by atoms with Crippen LogP contribution in [0.3, 0.4) is 0 Å². The minimum absolute atomic E-state index is 0.430. The number of ether oxygens (including phenoxy) is 2. The maximum Gasteiger partial charge on any atom is 0.161 e.